The summed E-state index contributed by atoms with van der Waals surface area (Å²) in [5, 5.41) is 0. The number of hydrogen-bond donors (Lipinski definition) is 2. The SMILES string of the molecule is COc1cccc(CNn2ccc(C)c(CC(N)=O)c2=O)c1.Cl. The summed E-state index contributed by atoms with van der Waals surface area (Å²) in [6.45, 7) is 2.24. The van der Waals surface area contributed by atoms with Crippen LogP contribution in [0.2, 0.25) is 0 Å². The molecular weight excluding hydrogens is 318 g/mol. The summed E-state index contributed by atoms with van der Waals surface area (Å²) in [5.41, 5.74) is 10.1. The number of aromatic nitrogens is 1. The van der Waals surface area contributed by atoms with Gasteiger partial charge in [-0.05, 0) is 36.2 Å². The van der Waals surface area contributed by atoms with Crippen LogP contribution in [0.1, 0.15) is 16.7 Å². The number of nitrogens with zero attached hydrogens (tertiary/aromatic N) is 1. The number of aryl methyl sites for hydroxylation is 1. The molecule has 0 saturated carbocycles. The Bertz CT molecular complexity index is 744. The maximum Gasteiger partial charge on any atom is 0.272 e. The van der Waals surface area contributed by atoms with Crippen LogP contribution in [0.4, 0.5) is 0 Å². The van der Waals surface area contributed by atoms with Gasteiger partial charge in [-0.25, -0.2) is 4.68 Å². The van der Waals surface area contributed by atoms with Crippen molar-refractivity contribution in [2.45, 2.75) is 19.9 Å². The van der Waals surface area contributed by atoms with E-state index in [2.05, 4.69) is 5.43 Å². The predicted molar refractivity (Wildman–Crippen MR) is 91.6 cm³/mol. The van der Waals surface area contributed by atoms with E-state index in [-0.39, 0.29) is 24.4 Å². The zero-order chi connectivity index (χ0) is 16.1. The summed E-state index contributed by atoms with van der Waals surface area (Å²) in [5.74, 6) is 0.232. The molecule has 6 nitrogen and oxygen atoms in total. The fourth-order valence-electron chi connectivity index (χ4n) is 2.14. The van der Waals surface area contributed by atoms with Crippen LogP contribution in [-0.2, 0) is 17.8 Å². The molecule has 23 heavy (non-hydrogen) atoms. The maximum absolute atomic E-state index is 12.3. The Balaban J connectivity index is 0.00000264. The van der Waals surface area contributed by atoms with E-state index < -0.39 is 5.91 Å². The van der Waals surface area contributed by atoms with Crippen LogP contribution in [0.25, 0.3) is 0 Å². The minimum atomic E-state index is -0.522. The molecule has 0 aliphatic rings. The lowest BCUT2D eigenvalue weighted by molar-refractivity contribution is -0.117. The quantitative estimate of drug-likeness (QED) is 0.833. The number of benzene rings is 1. The lowest BCUT2D eigenvalue weighted by atomic mass is 10.1. The highest BCUT2D eigenvalue weighted by molar-refractivity contribution is 5.85. The van der Waals surface area contributed by atoms with E-state index in [0.29, 0.717) is 12.1 Å². The van der Waals surface area contributed by atoms with Gasteiger partial charge in [0, 0.05) is 11.8 Å². The Morgan fingerprint density at radius 1 is 1.35 bits per heavy atom. The normalized spacial score (nSPS) is 9.83. The highest BCUT2D eigenvalue weighted by atomic mass is 35.5. The number of pyridine rings is 1. The highest BCUT2D eigenvalue weighted by Gasteiger charge is 2.10. The van der Waals surface area contributed by atoms with Crippen LogP contribution in [-0.4, -0.2) is 17.7 Å². The zero-order valence-electron chi connectivity index (χ0n) is 13.0. The van der Waals surface area contributed by atoms with Crippen molar-refractivity contribution in [2.75, 3.05) is 12.5 Å². The number of nitrogens with two attached hydrogens (primary N) is 1. The van der Waals surface area contributed by atoms with Crippen LogP contribution in [0, 0.1) is 6.92 Å². The molecule has 1 aromatic carbocycles. The van der Waals surface area contributed by atoms with Crippen LogP contribution in [0.5, 0.6) is 5.75 Å². The fraction of sp³-hybridized carbons (Fsp3) is 0.250. The second-order valence-electron chi connectivity index (χ2n) is 4.98. The zero-order valence-corrected chi connectivity index (χ0v) is 13.9. The first-order valence-electron chi connectivity index (χ1n) is 6.87. The van der Waals surface area contributed by atoms with Gasteiger partial charge < -0.3 is 15.9 Å². The average molecular weight is 338 g/mol. The topological polar surface area (TPSA) is 86.3 Å². The molecule has 0 atom stereocenters. The van der Waals surface area contributed by atoms with Gasteiger partial charge in [0.15, 0.2) is 0 Å². The Morgan fingerprint density at radius 3 is 2.74 bits per heavy atom. The van der Waals surface area contributed by atoms with Gasteiger partial charge >= 0.3 is 0 Å². The molecule has 0 unspecified atom stereocenters. The maximum atomic E-state index is 12.3. The number of nitrogens with one attached hydrogen (secondary N) is 1. The van der Waals surface area contributed by atoms with E-state index in [1.54, 1.807) is 26.3 Å². The van der Waals surface area contributed by atoms with Gasteiger partial charge in [0.1, 0.15) is 5.75 Å². The van der Waals surface area contributed by atoms with E-state index in [1.807, 2.05) is 24.3 Å². The fourth-order valence-corrected chi connectivity index (χ4v) is 2.14. The first kappa shape index (κ1) is 18.6. The number of hydrogen-bond acceptors (Lipinski definition) is 4. The molecule has 0 aliphatic heterocycles. The Hall–Kier alpha value is -2.47. The van der Waals surface area contributed by atoms with Crippen molar-refractivity contribution >= 4 is 18.3 Å². The number of amides is 1. The number of primary amides is 1. The number of methoxy groups -OCH3 is 1. The summed E-state index contributed by atoms with van der Waals surface area (Å²) in [7, 11) is 1.60. The van der Waals surface area contributed by atoms with Crippen molar-refractivity contribution < 1.29 is 9.53 Å². The largest absolute Gasteiger partial charge is 0.497 e. The smallest absolute Gasteiger partial charge is 0.272 e. The second kappa shape index (κ2) is 8.24. The molecule has 0 radical (unpaired) electrons. The third-order valence-electron chi connectivity index (χ3n) is 3.37. The number of halogens is 1. The molecule has 7 heteroatoms. The van der Waals surface area contributed by atoms with Crippen LogP contribution < -0.4 is 21.5 Å². The van der Waals surface area contributed by atoms with E-state index in [4.69, 9.17) is 10.5 Å². The first-order chi connectivity index (χ1) is 10.5. The second-order valence-corrected chi connectivity index (χ2v) is 4.98. The summed E-state index contributed by atoms with van der Waals surface area (Å²) < 4.78 is 6.53. The Morgan fingerprint density at radius 2 is 2.09 bits per heavy atom. The van der Waals surface area contributed by atoms with Crippen molar-refractivity contribution in [3.63, 3.8) is 0 Å². The molecule has 124 valence electrons. The molecule has 1 aromatic heterocycles. The molecule has 0 spiro atoms. The molecule has 3 N–H and O–H groups in total. The van der Waals surface area contributed by atoms with Crippen LogP contribution in [0.15, 0.2) is 41.3 Å². The van der Waals surface area contributed by atoms with Crippen LogP contribution >= 0.6 is 12.4 Å². The van der Waals surface area contributed by atoms with Crippen LogP contribution in [0.3, 0.4) is 0 Å². The van der Waals surface area contributed by atoms with Gasteiger partial charge in [-0.15, -0.1) is 12.4 Å². The highest BCUT2D eigenvalue weighted by Crippen LogP contribution is 2.12. The van der Waals surface area contributed by atoms with Gasteiger partial charge in [0.25, 0.3) is 5.56 Å². The van der Waals surface area contributed by atoms with E-state index in [1.165, 1.54) is 4.68 Å². The average Bonchev–Trinajstić information content (AvgIpc) is 2.50. The van der Waals surface area contributed by atoms with E-state index in [0.717, 1.165) is 16.9 Å². The van der Waals surface area contributed by atoms with Gasteiger partial charge in [0.05, 0.1) is 20.1 Å². The van der Waals surface area contributed by atoms with Crippen molar-refractivity contribution in [3.8, 4) is 5.75 Å². The molecule has 2 rings (SSSR count). The number of carbonyl (C=O) groups is 1. The lowest BCUT2D eigenvalue weighted by Gasteiger charge is -2.13. The summed E-state index contributed by atoms with van der Waals surface area (Å²) in [4.78, 5) is 23.4. The summed E-state index contributed by atoms with van der Waals surface area (Å²) >= 11 is 0. The third-order valence-corrected chi connectivity index (χ3v) is 3.37. The molecule has 0 bridgehead atoms. The molecule has 1 heterocycles. The van der Waals surface area contributed by atoms with Gasteiger partial charge in [-0.1, -0.05) is 12.1 Å². The van der Waals surface area contributed by atoms with Crippen molar-refractivity contribution in [1.29, 1.82) is 0 Å². The van der Waals surface area contributed by atoms with E-state index in [9.17, 15) is 9.59 Å². The first-order valence-corrected chi connectivity index (χ1v) is 6.87. The van der Waals surface area contributed by atoms with Gasteiger partial charge in [0.2, 0.25) is 5.91 Å². The third kappa shape index (κ3) is 4.75. The molecule has 0 saturated heterocycles. The lowest BCUT2D eigenvalue weighted by Crippen LogP contribution is -2.33. The van der Waals surface area contributed by atoms with Crippen molar-refractivity contribution in [1.82, 2.24) is 4.68 Å². The molecular formula is C16H20ClN3O3. The number of ether oxygens (including phenoxy) is 1. The van der Waals surface area contributed by atoms with E-state index >= 15 is 0 Å². The standard InChI is InChI=1S/C16H19N3O3.ClH/c1-11-6-7-19(16(21)14(11)9-15(17)20)18-10-12-4-3-5-13(8-12)22-2;/h3-8,18H,9-10H2,1-2H3,(H2,17,20);1H. The Labute approximate surface area is 140 Å². The predicted octanol–water partition coefficient (Wildman–Crippen LogP) is 1.36. The van der Waals surface area contributed by atoms with Crippen molar-refractivity contribution in [2.24, 2.45) is 5.73 Å². The molecule has 2 aromatic rings. The number of rotatable bonds is 6. The Kier molecular flexibility index (Phi) is 6.65. The minimum absolute atomic E-state index is 0. The van der Waals surface area contributed by atoms with Gasteiger partial charge in [-0.3, -0.25) is 9.59 Å². The summed E-state index contributed by atoms with van der Waals surface area (Å²) in [6.07, 6.45) is 1.58. The monoisotopic (exact) mass is 337 g/mol. The van der Waals surface area contributed by atoms with Gasteiger partial charge in [-0.2, -0.15) is 0 Å². The molecule has 0 fully saturated rings. The minimum Gasteiger partial charge on any atom is -0.497 e. The summed E-state index contributed by atoms with van der Waals surface area (Å²) in [6, 6.07) is 9.33. The molecule has 0 aliphatic carbocycles. The number of carbonyl (C=O) groups excluding carboxylic acids is 1. The van der Waals surface area contributed by atoms with Crippen molar-refractivity contribution in [3.05, 3.63) is 63.6 Å². The molecule has 1 amide bonds.